The number of carbonyl (C=O) groups is 1. The fraction of sp³-hybridized carbons (Fsp3) is 0.400. The summed E-state index contributed by atoms with van der Waals surface area (Å²) >= 11 is 0. The third-order valence-electron chi connectivity index (χ3n) is 4.95. The third kappa shape index (κ3) is 3.89. The summed E-state index contributed by atoms with van der Waals surface area (Å²) in [6, 6.07) is 9.64. The van der Waals surface area contributed by atoms with Gasteiger partial charge >= 0.3 is 0 Å². The summed E-state index contributed by atoms with van der Waals surface area (Å²) < 4.78 is 17.0. The Morgan fingerprint density at radius 3 is 2.89 bits per heavy atom. The van der Waals surface area contributed by atoms with Crippen LogP contribution in [0.2, 0.25) is 0 Å². The minimum atomic E-state index is -0.211. The van der Waals surface area contributed by atoms with Crippen LogP contribution in [0.3, 0.4) is 0 Å². The number of ether oxygens (including phenoxy) is 3. The summed E-state index contributed by atoms with van der Waals surface area (Å²) in [5.74, 6) is 1.38. The van der Waals surface area contributed by atoms with Crippen LogP contribution < -0.4 is 9.64 Å². The number of morpholine rings is 2. The van der Waals surface area contributed by atoms with E-state index in [0.29, 0.717) is 12.4 Å². The van der Waals surface area contributed by atoms with Crippen molar-refractivity contribution in [2.24, 2.45) is 0 Å². The lowest BCUT2D eigenvalue weighted by atomic mass is 10.1. The molecule has 3 heterocycles. The maximum absolute atomic E-state index is 12.0. The first-order valence-corrected chi connectivity index (χ1v) is 9.10. The van der Waals surface area contributed by atoms with Crippen molar-refractivity contribution in [1.29, 1.82) is 0 Å². The van der Waals surface area contributed by atoms with Gasteiger partial charge in [0, 0.05) is 49.8 Å². The average Bonchev–Trinajstić information content (AvgIpc) is 2.72. The van der Waals surface area contributed by atoms with Crippen molar-refractivity contribution in [3.05, 3.63) is 48.3 Å². The Balaban J connectivity index is 1.57. The first kappa shape index (κ1) is 17.8. The van der Waals surface area contributed by atoms with Crippen molar-refractivity contribution in [2.75, 3.05) is 51.5 Å². The zero-order valence-electron chi connectivity index (χ0n) is 15.3. The van der Waals surface area contributed by atoms with Crippen molar-refractivity contribution < 1.29 is 19.0 Å². The molecule has 1 aromatic heterocycles. The number of nitrogens with zero attached hydrogens (tertiary/aromatic N) is 3. The van der Waals surface area contributed by atoms with E-state index in [0.717, 1.165) is 43.3 Å². The van der Waals surface area contributed by atoms with E-state index in [1.165, 1.54) is 0 Å². The van der Waals surface area contributed by atoms with Crippen LogP contribution in [0, 0.1) is 0 Å². The number of rotatable bonds is 4. The van der Waals surface area contributed by atoms with Crippen molar-refractivity contribution in [3.63, 3.8) is 0 Å². The second-order valence-corrected chi connectivity index (χ2v) is 6.65. The van der Waals surface area contributed by atoms with E-state index >= 15 is 0 Å². The van der Waals surface area contributed by atoms with Gasteiger partial charge < -0.3 is 24.0 Å². The quantitative estimate of drug-likeness (QED) is 0.824. The van der Waals surface area contributed by atoms with E-state index in [-0.39, 0.29) is 18.6 Å². The molecule has 2 aliphatic heterocycles. The fourth-order valence-corrected chi connectivity index (χ4v) is 3.37. The molecule has 0 saturated carbocycles. The number of likely N-dealkylation sites (N-methyl/N-ethyl adjacent to an activating group) is 1. The first-order valence-electron chi connectivity index (χ1n) is 9.10. The van der Waals surface area contributed by atoms with Crippen LogP contribution in [0.1, 0.15) is 11.6 Å². The molecule has 7 nitrogen and oxygen atoms in total. The van der Waals surface area contributed by atoms with Crippen molar-refractivity contribution >= 4 is 11.6 Å². The Labute approximate surface area is 158 Å². The molecule has 0 N–H and O–H groups in total. The Morgan fingerprint density at radius 2 is 2.04 bits per heavy atom. The minimum absolute atomic E-state index is 0.0460. The van der Waals surface area contributed by atoms with Crippen molar-refractivity contribution in [2.45, 2.75) is 6.04 Å². The van der Waals surface area contributed by atoms with Crippen LogP contribution in [-0.4, -0.2) is 62.4 Å². The molecular formula is C20H23N3O4. The standard InChI is InChI=1S/C20H23N3O4/c1-22-18(13-26-14-20(22)24)17-12-21-6-5-19(17)27-16-4-2-3-15(11-16)23-7-9-25-10-8-23/h2-6,11-12,18H,7-10,13-14H2,1H3. The number of amides is 1. The second-order valence-electron chi connectivity index (χ2n) is 6.65. The van der Waals surface area contributed by atoms with E-state index in [1.807, 2.05) is 24.3 Å². The largest absolute Gasteiger partial charge is 0.457 e. The molecule has 142 valence electrons. The Hall–Kier alpha value is -2.64. The van der Waals surface area contributed by atoms with Crippen LogP contribution in [0.15, 0.2) is 42.7 Å². The van der Waals surface area contributed by atoms with Crippen LogP contribution >= 0.6 is 0 Å². The summed E-state index contributed by atoms with van der Waals surface area (Å²) in [6.45, 7) is 3.76. The fourth-order valence-electron chi connectivity index (χ4n) is 3.37. The number of benzene rings is 1. The van der Waals surface area contributed by atoms with Gasteiger partial charge in [0.05, 0.1) is 25.9 Å². The SMILES string of the molecule is CN1C(=O)COCC1c1cnccc1Oc1cccc(N2CCOCC2)c1. The number of anilines is 1. The smallest absolute Gasteiger partial charge is 0.248 e. The van der Waals surface area contributed by atoms with Gasteiger partial charge in [-0.3, -0.25) is 9.78 Å². The number of hydrogen-bond acceptors (Lipinski definition) is 6. The van der Waals surface area contributed by atoms with Crippen LogP contribution in [0.5, 0.6) is 11.5 Å². The van der Waals surface area contributed by atoms with Gasteiger partial charge in [-0.1, -0.05) is 6.07 Å². The third-order valence-corrected chi connectivity index (χ3v) is 4.95. The zero-order valence-corrected chi connectivity index (χ0v) is 15.3. The van der Waals surface area contributed by atoms with Gasteiger partial charge in [0.1, 0.15) is 18.1 Å². The highest BCUT2D eigenvalue weighted by atomic mass is 16.5. The Kier molecular flexibility index (Phi) is 5.22. The lowest BCUT2D eigenvalue weighted by molar-refractivity contribution is -0.146. The lowest BCUT2D eigenvalue weighted by Crippen LogP contribution is -2.41. The van der Waals surface area contributed by atoms with Gasteiger partial charge in [-0.05, 0) is 18.2 Å². The molecule has 2 fully saturated rings. The number of hydrogen-bond donors (Lipinski definition) is 0. The molecule has 0 bridgehead atoms. The molecule has 2 aromatic rings. The molecule has 1 aromatic carbocycles. The normalized spacial score (nSPS) is 20.6. The molecule has 4 rings (SSSR count). The predicted molar refractivity (Wildman–Crippen MR) is 100 cm³/mol. The van der Waals surface area contributed by atoms with Gasteiger partial charge in [0.2, 0.25) is 5.91 Å². The van der Waals surface area contributed by atoms with E-state index in [1.54, 1.807) is 24.3 Å². The van der Waals surface area contributed by atoms with Gasteiger partial charge in [0.15, 0.2) is 0 Å². The van der Waals surface area contributed by atoms with E-state index in [4.69, 9.17) is 14.2 Å². The molecule has 2 saturated heterocycles. The highest BCUT2D eigenvalue weighted by Gasteiger charge is 2.29. The van der Waals surface area contributed by atoms with Gasteiger partial charge in [0.25, 0.3) is 0 Å². The summed E-state index contributed by atoms with van der Waals surface area (Å²) in [7, 11) is 1.78. The van der Waals surface area contributed by atoms with Gasteiger partial charge in [-0.15, -0.1) is 0 Å². The highest BCUT2D eigenvalue weighted by Crippen LogP contribution is 2.34. The van der Waals surface area contributed by atoms with Gasteiger partial charge in [-0.25, -0.2) is 0 Å². The van der Waals surface area contributed by atoms with E-state index < -0.39 is 0 Å². The topological polar surface area (TPSA) is 64.1 Å². The second kappa shape index (κ2) is 7.94. The average molecular weight is 369 g/mol. The van der Waals surface area contributed by atoms with Crippen molar-refractivity contribution in [3.8, 4) is 11.5 Å². The van der Waals surface area contributed by atoms with Crippen LogP contribution in [0.4, 0.5) is 5.69 Å². The molecule has 2 aliphatic rings. The molecule has 0 aliphatic carbocycles. The highest BCUT2D eigenvalue weighted by molar-refractivity contribution is 5.78. The Bertz CT molecular complexity index is 807. The number of aromatic nitrogens is 1. The van der Waals surface area contributed by atoms with Crippen LogP contribution in [0.25, 0.3) is 0 Å². The summed E-state index contributed by atoms with van der Waals surface area (Å²) in [4.78, 5) is 20.2. The van der Waals surface area contributed by atoms with E-state index in [2.05, 4.69) is 16.0 Å². The van der Waals surface area contributed by atoms with Crippen molar-refractivity contribution in [1.82, 2.24) is 9.88 Å². The molecular weight excluding hydrogens is 346 g/mol. The lowest BCUT2D eigenvalue weighted by Gasteiger charge is -2.33. The monoisotopic (exact) mass is 369 g/mol. The zero-order chi connectivity index (χ0) is 18.6. The molecule has 0 spiro atoms. The molecule has 27 heavy (non-hydrogen) atoms. The number of carbonyl (C=O) groups excluding carboxylic acids is 1. The molecule has 7 heteroatoms. The first-order chi connectivity index (χ1) is 13.2. The predicted octanol–water partition coefficient (Wildman–Crippen LogP) is 2.24. The summed E-state index contributed by atoms with van der Waals surface area (Å²) in [5, 5.41) is 0. The number of pyridine rings is 1. The maximum atomic E-state index is 12.0. The molecule has 0 radical (unpaired) electrons. The molecule has 1 amide bonds. The summed E-state index contributed by atoms with van der Waals surface area (Å²) in [5.41, 5.74) is 1.95. The summed E-state index contributed by atoms with van der Waals surface area (Å²) in [6.07, 6.45) is 3.43. The van der Waals surface area contributed by atoms with Crippen LogP contribution in [-0.2, 0) is 14.3 Å². The van der Waals surface area contributed by atoms with E-state index in [9.17, 15) is 4.79 Å². The molecule has 1 atom stereocenters. The minimum Gasteiger partial charge on any atom is -0.457 e. The van der Waals surface area contributed by atoms with Gasteiger partial charge in [-0.2, -0.15) is 0 Å². The Morgan fingerprint density at radius 1 is 1.19 bits per heavy atom. The molecule has 1 unspecified atom stereocenters. The maximum Gasteiger partial charge on any atom is 0.248 e.